The highest BCUT2D eigenvalue weighted by molar-refractivity contribution is 5.32. The van der Waals surface area contributed by atoms with E-state index in [1.165, 1.54) is 31.4 Å². The van der Waals surface area contributed by atoms with Crippen LogP contribution in [0.5, 0.6) is 11.5 Å². The zero-order valence-corrected chi connectivity index (χ0v) is 14.4. The molecule has 1 aliphatic heterocycles. The molecule has 1 fully saturated rings. The number of nitrogens with one attached hydrogen (secondary N) is 1. The molecule has 0 saturated carbocycles. The van der Waals surface area contributed by atoms with Gasteiger partial charge in [-0.25, -0.2) is 0 Å². The highest BCUT2D eigenvalue weighted by Gasteiger charge is 2.27. The Morgan fingerprint density at radius 2 is 2.08 bits per heavy atom. The minimum Gasteiger partial charge on any atom is -0.497 e. The lowest BCUT2D eigenvalue weighted by atomic mass is 9.96. The van der Waals surface area contributed by atoms with Crippen LogP contribution >= 0.6 is 0 Å². The fourth-order valence-electron chi connectivity index (χ4n) is 3.54. The smallest absolute Gasteiger partial charge is 0.122 e. The first kappa shape index (κ1) is 16.8. The third-order valence-corrected chi connectivity index (χ3v) is 4.77. The second kappa shape index (κ2) is 8.69. The summed E-state index contributed by atoms with van der Waals surface area (Å²) in [5.41, 5.74) is 1.38. The van der Waals surface area contributed by atoms with Crippen LogP contribution in [0.2, 0.25) is 0 Å². The van der Waals surface area contributed by atoms with E-state index in [9.17, 15) is 0 Å². The Morgan fingerprint density at radius 1 is 1.17 bits per heavy atom. The van der Waals surface area contributed by atoms with E-state index in [1.807, 2.05) is 42.7 Å². The molecular weight excluding hydrogens is 300 g/mol. The predicted octanol–water partition coefficient (Wildman–Crippen LogP) is 2.67. The highest BCUT2D eigenvalue weighted by atomic mass is 16.5. The Balaban J connectivity index is 1.49. The first-order valence-electron chi connectivity index (χ1n) is 8.88. The van der Waals surface area contributed by atoms with Crippen LogP contribution in [0, 0.1) is 0 Å². The Hall–Kier alpha value is -2.07. The number of piperidine rings is 1. The molecule has 4 nitrogen and oxygen atoms in total. The molecule has 0 bridgehead atoms. The Kier molecular flexibility index (Phi) is 6.07. The van der Waals surface area contributed by atoms with Crippen LogP contribution < -0.4 is 14.4 Å². The molecule has 24 heavy (non-hydrogen) atoms. The fourth-order valence-corrected chi connectivity index (χ4v) is 3.54. The Bertz CT molecular complexity index is 618. The maximum atomic E-state index is 5.87. The van der Waals surface area contributed by atoms with Crippen molar-refractivity contribution < 1.29 is 14.4 Å². The van der Waals surface area contributed by atoms with E-state index in [0.29, 0.717) is 6.04 Å². The van der Waals surface area contributed by atoms with Gasteiger partial charge in [0.15, 0.2) is 0 Å². The standard InChI is InChI=1S/C20H26N2O2/c1-23-18-8-4-9-19(15-18)24-14-6-13-22-12-3-2-10-20(22)17-7-5-11-21-16-17/h4-5,7-9,11,15-16,20H,2-3,6,10,12-14H2,1H3/p+1/t20-/m0/s1. The SMILES string of the molecule is COc1cccc(OCCC[NH+]2CCCC[C@H]2c2cccnc2)c1. The number of quaternary nitrogens is 1. The van der Waals surface area contributed by atoms with Crippen LogP contribution in [0.1, 0.15) is 37.3 Å². The van der Waals surface area contributed by atoms with Crippen molar-refractivity contribution in [3.8, 4) is 11.5 Å². The van der Waals surface area contributed by atoms with Gasteiger partial charge in [0.1, 0.15) is 17.5 Å². The summed E-state index contributed by atoms with van der Waals surface area (Å²) in [6.45, 7) is 3.14. The average Bonchev–Trinajstić information content (AvgIpc) is 2.66. The molecule has 0 aliphatic carbocycles. The minimum atomic E-state index is 0.587. The second-order valence-corrected chi connectivity index (χ2v) is 6.37. The Morgan fingerprint density at radius 3 is 2.92 bits per heavy atom. The average molecular weight is 327 g/mol. The summed E-state index contributed by atoms with van der Waals surface area (Å²) in [6.07, 6.45) is 8.85. The van der Waals surface area contributed by atoms with Gasteiger partial charge in [0.2, 0.25) is 0 Å². The number of ether oxygens (including phenoxy) is 2. The molecule has 4 heteroatoms. The fraction of sp³-hybridized carbons (Fsp3) is 0.450. The lowest BCUT2D eigenvalue weighted by molar-refractivity contribution is -0.937. The number of benzene rings is 1. The summed E-state index contributed by atoms with van der Waals surface area (Å²) in [5, 5.41) is 0. The predicted molar refractivity (Wildman–Crippen MR) is 94.6 cm³/mol. The molecule has 0 radical (unpaired) electrons. The largest absolute Gasteiger partial charge is 0.497 e. The molecule has 1 aromatic carbocycles. The number of aromatic nitrogens is 1. The summed E-state index contributed by atoms with van der Waals surface area (Å²) in [5.74, 6) is 1.72. The van der Waals surface area contributed by atoms with Crippen LogP contribution in [0.4, 0.5) is 0 Å². The van der Waals surface area contributed by atoms with Crippen LogP contribution in [0.25, 0.3) is 0 Å². The van der Waals surface area contributed by atoms with Crippen molar-refractivity contribution >= 4 is 0 Å². The van der Waals surface area contributed by atoms with Gasteiger partial charge in [-0.15, -0.1) is 0 Å². The zero-order valence-electron chi connectivity index (χ0n) is 14.4. The number of nitrogens with zero attached hydrogens (tertiary/aromatic N) is 1. The lowest BCUT2D eigenvalue weighted by Gasteiger charge is -2.32. The first-order valence-corrected chi connectivity index (χ1v) is 8.88. The number of pyridine rings is 1. The third kappa shape index (κ3) is 4.48. The number of hydrogen-bond acceptors (Lipinski definition) is 3. The van der Waals surface area contributed by atoms with E-state index in [1.54, 1.807) is 12.0 Å². The molecule has 2 atom stereocenters. The van der Waals surface area contributed by atoms with Crippen molar-refractivity contribution in [3.63, 3.8) is 0 Å². The van der Waals surface area contributed by atoms with E-state index in [4.69, 9.17) is 9.47 Å². The van der Waals surface area contributed by atoms with Gasteiger partial charge in [0.25, 0.3) is 0 Å². The van der Waals surface area contributed by atoms with Crippen molar-refractivity contribution in [2.24, 2.45) is 0 Å². The van der Waals surface area contributed by atoms with Crippen LogP contribution in [0.3, 0.4) is 0 Å². The summed E-state index contributed by atoms with van der Waals surface area (Å²) in [6, 6.07) is 12.7. The van der Waals surface area contributed by atoms with Crippen molar-refractivity contribution in [1.29, 1.82) is 0 Å². The van der Waals surface area contributed by atoms with Crippen molar-refractivity contribution in [2.75, 3.05) is 26.8 Å². The molecule has 3 rings (SSSR count). The van der Waals surface area contributed by atoms with Gasteiger partial charge in [-0.1, -0.05) is 12.1 Å². The molecule has 1 aliphatic rings. The zero-order chi connectivity index (χ0) is 16.6. The van der Waals surface area contributed by atoms with E-state index < -0.39 is 0 Å². The van der Waals surface area contributed by atoms with E-state index in [2.05, 4.69) is 11.1 Å². The molecule has 1 unspecified atom stereocenters. The van der Waals surface area contributed by atoms with Gasteiger partial charge >= 0.3 is 0 Å². The molecule has 2 aromatic rings. The summed E-state index contributed by atoms with van der Waals surface area (Å²) >= 11 is 0. The summed E-state index contributed by atoms with van der Waals surface area (Å²) < 4.78 is 11.1. The topological polar surface area (TPSA) is 35.8 Å². The summed E-state index contributed by atoms with van der Waals surface area (Å²) in [4.78, 5) is 5.97. The number of methoxy groups -OCH3 is 1. The highest BCUT2D eigenvalue weighted by Crippen LogP contribution is 2.20. The van der Waals surface area contributed by atoms with Crippen LogP contribution in [0.15, 0.2) is 48.8 Å². The van der Waals surface area contributed by atoms with Crippen molar-refractivity contribution in [2.45, 2.75) is 31.7 Å². The maximum Gasteiger partial charge on any atom is 0.122 e. The lowest BCUT2D eigenvalue weighted by Crippen LogP contribution is -3.13. The van der Waals surface area contributed by atoms with E-state index in [-0.39, 0.29) is 0 Å². The molecule has 1 N–H and O–H groups in total. The summed E-state index contributed by atoms with van der Waals surface area (Å²) in [7, 11) is 1.68. The molecule has 1 saturated heterocycles. The number of rotatable bonds is 7. The molecule has 1 aromatic heterocycles. The Labute approximate surface area is 144 Å². The van der Waals surface area contributed by atoms with Gasteiger partial charge in [-0.05, 0) is 31.0 Å². The maximum absolute atomic E-state index is 5.87. The van der Waals surface area contributed by atoms with E-state index in [0.717, 1.165) is 31.1 Å². The molecule has 0 amide bonds. The third-order valence-electron chi connectivity index (χ3n) is 4.77. The quantitative estimate of drug-likeness (QED) is 0.794. The van der Waals surface area contributed by atoms with Crippen molar-refractivity contribution in [3.05, 3.63) is 54.4 Å². The van der Waals surface area contributed by atoms with Gasteiger partial charge in [-0.3, -0.25) is 4.98 Å². The normalized spacial score (nSPS) is 20.5. The molecule has 2 heterocycles. The molecule has 0 spiro atoms. The second-order valence-electron chi connectivity index (χ2n) is 6.37. The molecular formula is C20H27N2O2+. The van der Waals surface area contributed by atoms with Gasteiger partial charge < -0.3 is 14.4 Å². The van der Waals surface area contributed by atoms with Gasteiger partial charge in [0, 0.05) is 36.9 Å². The van der Waals surface area contributed by atoms with Gasteiger partial charge in [0.05, 0.1) is 26.8 Å². The van der Waals surface area contributed by atoms with Crippen molar-refractivity contribution in [1.82, 2.24) is 4.98 Å². The van der Waals surface area contributed by atoms with Gasteiger partial charge in [-0.2, -0.15) is 0 Å². The number of hydrogen-bond donors (Lipinski definition) is 1. The van der Waals surface area contributed by atoms with Crippen LogP contribution in [-0.2, 0) is 0 Å². The monoisotopic (exact) mass is 327 g/mol. The molecule has 128 valence electrons. The van der Waals surface area contributed by atoms with E-state index >= 15 is 0 Å². The minimum absolute atomic E-state index is 0.587. The number of likely N-dealkylation sites (tertiary alicyclic amines) is 1. The first-order chi connectivity index (χ1) is 11.9. The van der Waals surface area contributed by atoms with Crippen LogP contribution in [-0.4, -0.2) is 31.8 Å².